The van der Waals surface area contributed by atoms with Gasteiger partial charge in [-0.1, -0.05) is 41.9 Å². The molecular formula is C30H37ClN2O3. The molecule has 2 unspecified atom stereocenters. The van der Waals surface area contributed by atoms with E-state index in [1.54, 1.807) is 13.3 Å². The number of likely N-dealkylation sites (tertiary alicyclic amines) is 1. The normalized spacial score (nSPS) is 18.3. The molecule has 2 heterocycles. The molecule has 192 valence electrons. The number of rotatable bonds is 7. The lowest BCUT2D eigenvalue weighted by molar-refractivity contribution is 0.00414. The predicted molar refractivity (Wildman–Crippen MR) is 146 cm³/mol. The zero-order valence-corrected chi connectivity index (χ0v) is 22.6. The Morgan fingerprint density at radius 3 is 2.67 bits per heavy atom. The molecule has 1 saturated heterocycles. The Balaban J connectivity index is 1.43. The summed E-state index contributed by atoms with van der Waals surface area (Å²) in [7, 11) is 1.67. The van der Waals surface area contributed by atoms with Crippen molar-refractivity contribution < 1.29 is 14.3 Å². The standard InChI is InChI=1S/C30H37ClN2O3/c1-30(2,3)36-29(34)33-16-15-22(18-23(33)17-21-9-6-5-7-10-21)11-8-12-25-26-19-24(35-4)13-14-28(26)32-20-27(25)31/h5-7,9-10,13-14,19-20,22-23H,8,11-12,15-18H2,1-4H3. The van der Waals surface area contributed by atoms with Gasteiger partial charge in [0.1, 0.15) is 11.4 Å². The Morgan fingerprint density at radius 2 is 1.94 bits per heavy atom. The van der Waals surface area contributed by atoms with Gasteiger partial charge in [-0.25, -0.2) is 4.79 Å². The fraction of sp³-hybridized carbons (Fsp3) is 0.467. The highest BCUT2D eigenvalue weighted by atomic mass is 35.5. The quantitative estimate of drug-likeness (QED) is 0.332. The third kappa shape index (κ3) is 6.70. The molecule has 5 nitrogen and oxygen atoms in total. The number of fused-ring (bicyclic) bond motifs is 1. The number of hydrogen-bond acceptors (Lipinski definition) is 4. The summed E-state index contributed by atoms with van der Waals surface area (Å²) in [6, 6.07) is 16.5. The molecule has 0 aliphatic carbocycles. The SMILES string of the molecule is COc1ccc2ncc(Cl)c(CCCC3CCN(C(=O)OC(C)(C)C)C(Cc4ccccc4)C3)c2c1. The molecule has 2 atom stereocenters. The number of aromatic nitrogens is 1. The van der Waals surface area contributed by atoms with E-state index in [2.05, 4.69) is 29.2 Å². The molecule has 0 saturated carbocycles. The van der Waals surface area contributed by atoms with E-state index in [1.165, 1.54) is 5.56 Å². The third-order valence-corrected chi connectivity index (χ3v) is 7.27. The zero-order valence-electron chi connectivity index (χ0n) is 21.8. The molecule has 1 amide bonds. The van der Waals surface area contributed by atoms with Gasteiger partial charge in [0, 0.05) is 24.2 Å². The van der Waals surface area contributed by atoms with Gasteiger partial charge in [0.2, 0.25) is 0 Å². The molecule has 2 aromatic carbocycles. The summed E-state index contributed by atoms with van der Waals surface area (Å²) < 4.78 is 11.2. The maximum absolute atomic E-state index is 13.0. The maximum atomic E-state index is 13.0. The van der Waals surface area contributed by atoms with Crippen LogP contribution in [0.3, 0.4) is 0 Å². The zero-order chi connectivity index (χ0) is 25.7. The summed E-state index contributed by atoms with van der Waals surface area (Å²) in [6.07, 6.45) is 7.38. The summed E-state index contributed by atoms with van der Waals surface area (Å²) in [5.41, 5.74) is 2.82. The Bertz CT molecular complexity index is 1180. The van der Waals surface area contributed by atoms with Crippen molar-refractivity contribution >= 4 is 28.6 Å². The van der Waals surface area contributed by atoms with E-state index < -0.39 is 5.60 Å². The third-order valence-electron chi connectivity index (χ3n) is 6.94. The first-order chi connectivity index (χ1) is 17.2. The van der Waals surface area contributed by atoms with Crippen LogP contribution in [0.15, 0.2) is 54.7 Å². The Labute approximate surface area is 219 Å². The van der Waals surface area contributed by atoms with Crippen molar-refractivity contribution in [1.29, 1.82) is 0 Å². The van der Waals surface area contributed by atoms with Crippen LogP contribution in [-0.4, -0.2) is 41.3 Å². The molecule has 1 aromatic heterocycles. The topological polar surface area (TPSA) is 51.7 Å². The second-order valence-electron chi connectivity index (χ2n) is 10.8. The lowest BCUT2D eigenvalue weighted by atomic mass is 9.84. The van der Waals surface area contributed by atoms with E-state index in [9.17, 15) is 4.79 Å². The molecule has 0 bridgehead atoms. The smallest absolute Gasteiger partial charge is 0.410 e. The van der Waals surface area contributed by atoms with Crippen molar-refractivity contribution in [2.75, 3.05) is 13.7 Å². The van der Waals surface area contributed by atoms with Crippen LogP contribution in [0.5, 0.6) is 5.75 Å². The number of ether oxygens (including phenoxy) is 2. The molecule has 0 N–H and O–H groups in total. The number of benzene rings is 2. The van der Waals surface area contributed by atoms with Crippen LogP contribution in [0.25, 0.3) is 10.9 Å². The minimum Gasteiger partial charge on any atom is -0.497 e. The number of amides is 1. The van der Waals surface area contributed by atoms with Gasteiger partial charge in [-0.3, -0.25) is 4.98 Å². The van der Waals surface area contributed by atoms with Crippen molar-refractivity contribution in [3.63, 3.8) is 0 Å². The van der Waals surface area contributed by atoms with Crippen molar-refractivity contribution in [3.8, 4) is 5.75 Å². The number of hydrogen-bond donors (Lipinski definition) is 0. The van der Waals surface area contributed by atoms with Gasteiger partial charge >= 0.3 is 6.09 Å². The Kier molecular flexibility index (Phi) is 8.40. The minimum absolute atomic E-state index is 0.135. The number of halogens is 1. The van der Waals surface area contributed by atoms with E-state index in [4.69, 9.17) is 21.1 Å². The van der Waals surface area contributed by atoms with Gasteiger partial charge < -0.3 is 14.4 Å². The fourth-order valence-corrected chi connectivity index (χ4v) is 5.43. The lowest BCUT2D eigenvalue weighted by Crippen LogP contribution is -2.49. The van der Waals surface area contributed by atoms with Gasteiger partial charge in [-0.2, -0.15) is 0 Å². The first-order valence-corrected chi connectivity index (χ1v) is 13.3. The molecule has 0 radical (unpaired) electrons. The molecule has 1 fully saturated rings. The Morgan fingerprint density at radius 1 is 1.17 bits per heavy atom. The van der Waals surface area contributed by atoms with Crippen LogP contribution in [-0.2, 0) is 17.6 Å². The Hall–Kier alpha value is -2.79. The van der Waals surface area contributed by atoms with Gasteiger partial charge in [-0.15, -0.1) is 0 Å². The number of nitrogens with zero attached hydrogens (tertiary/aromatic N) is 2. The van der Waals surface area contributed by atoms with E-state index in [-0.39, 0.29) is 12.1 Å². The van der Waals surface area contributed by atoms with E-state index in [1.807, 2.05) is 49.9 Å². The van der Waals surface area contributed by atoms with Gasteiger partial charge in [0.05, 0.1) is 17.6 Å². The monoisotopic (exact) mass is 508 g/mol. The largest absolute Gasteiger partial charge is 0.497 e. The van der Waals surface area contributed by atoms with Crippen LogP contribution in [0.4, 0.5) is 4.79 Å². The number of methoxy groups -OCH3 is 1. The molecule has 3 aromatic rings. The summed E-state index contributed by atoms with van der Waals surface area (Å²) >= 11 is 6.58. The summed E-state index contributed by atoms with van der Waals surface area (Å²) in [5, 5.41) is 1.76. The first kappa shape index (κ1) is 26.3. The number of carbonyl (C=O) groups is 1. The number of pyridine rings is 1. The molecular weight excluding hydrogens is 472 g/mol. The van der Waals surface area contributed by atoms with Crippen molar-refractivity contribution in [2.45, 2.75) is 70.9 Å². The summed E-state index contributed by atoms with van der Waals surface area (Å²) in [6.45, 7) is 6.50. The molecule has 36 heavy (non-hydrogen) atoms. The van der Waals surface area contributed by atoms with Crippen LogP contribution in [0.2, 0.25) is 5.02 Å². The van der Waals surface area contributed by atoms with Crippen molar-refractivity contribution in [1.82, 2.24) is 9.88 Å². The van der Waals surface area contributed by atoms with Gasteiger partial charge in [-0.05, 0) is 94.5 Å². The van der Waals surface area contributed by atoms with Crippen LogP contribution in [0.1, 0.15) is 57.6 Å². The molecule has 6 heteroatoms. The summed E-state index contributed by atoms with van der Waals surface area (Å²) in [5.74, 6) is 1.37. The highest BCUT2D eigenvalue weighted by Gasteiger charge is 2.34. The van der Waals surface area contributed by atoms with Crippen molar-refractivity contribution in [3.05, 3.63) is 70.9 Å². The minimum atomic E-state index is -0.500. The van der Waals surface area contributed by atoms with Crippen LogP contribution in [0, 0.1) is 5.92 Å². The average molecular weight is 509 g/mol. The number of piperidine rings is 1. The predicted octanol–water partition coefficient (Wildman–Crippen LogP) is 7.48. The second kappa shape index (κ2) is 11.5. The molecule has 1 aliphatic heterocycles. The lowest BCUT2D eigenvalue weighted by Gasteiger charge is -2.40. The van der Waals surface area contributed by atoms with Crippen LogP contribution < -0.4 is 4.74 Å². The molecule has 0 spiro atoms. The average Bonchev–Trinajstić information content (AvgIpc) is 2.84. The highest BCUT2D eigenvalue weighted by Crippen LogP contribution is 2.33. The summed E-state index contributed by atoms with van der Waals surface area (Å²) in [4.78, 5) is 19.4. The molecule has 4 rings (SSSR count). The fourth-order valence-electron chi connectivity index (χ4n) is 5.19. The van der Waals surface area contributed by atoms with E-state index in [0.717, 1.165) is 67.3 Å². The van der Waals surface area contributed by atoms with E-state index in [0.29, 0.717) is 10.9 Å². The van der Waals surface area contributed by atoms with Gasteiger partial charge in [0.25, 0.3) is 0 Å². The van der Waals surface area contributed by atoms with Crippen LogP contribution >= 0.6 is 11.6 Å². The number of aryl methyl sites for hydroxylation is 1. The van der Waals surface area contributed by atoms with E-state index >= 15 is 0 Å². The van der Waals surface area contributed by atoms with Crippen molar-refractivity contribution in [2.24, 2.45) is 5.92 Å². The first-order valence-electron chi connectivity index (χ1n) is 12.9. The highest BCUT2D eigenvalue weighted by molar-refractivity contribution is 6.32. The number of carbonyl (C=O) groups excluding carboxylic acids is 1. The second-order valence-corrected chi connectivity index (χ2v) is 11.2. The molecule has 1 aliphatic rings. The van der Waals surface area contributed by atoms with Gasteiger partial charge in [0.15, 0.2) is 0 Å². The maximum Gasteiger partial charge on any atom is 0.410 e.